The van der Waals surface area contributed by atoms with Gasteiger partial charge >= 0.3 is 7.82 Å². The van der Waals surface area contributed by atoms with Crippen LogP contribution in [0.1, 0.15) is 156 Å². The summed E-state index contributed by atoms with van der Waals surface area (Å²) in [5.74, 6) is 0. The first-order valence-electron chi connectivity index (χ1n) is 16.8. The van der Waals surface area contributed by atoms with Crippen molar-refractivity contribution < 1.29 is 28.1 Å². The molecule has 0 amide bonds. The Hall–Kier alpha value is -0.0100. The van der Waals surface area contributed by atoms with Gasteiger partial charge in [0.25, 0.3) is 0 Å². The molecule has 242 valence electrons. The zero-order valence-electron chi connectivity index (χ0n) is 27.5. The predicted molar refractivity (Wildman–Crippen MR) is 170 cm³/mol. The van der Waals surface area contributed by atoms with Crippen LogP contribution in [0.4, 0.5) is 0 Å². The van der Waals surface area contributed by atoms with Gasteiger partial charge in [0.15, 0.2) is 0 Å². The number of nitrogens with two attached hydrogens (primary N) is 1. The largest absolute Gasteiger partial charge is 0.470 e. The summed E-state index contributed by atoms with van der Waals surface area (Å²) in [6, 6.07) is 0.00530. The van der Waals surface area contributed by atoms with Gasteiger partial charge in [0.1, 0.15) is 12.1 Å². The van der Waals surface area contributed by atoms with Crippen LogP contribution in [-0.2, 0) is 13.8 Å². The minimum atomic E-state index is -4.69. The highest BCUT2D eigenvalue weighted by Gasteiger charge is 2.43. The van der Waals surface area contributed by atoms with Gasteiger partial charge in [0, 0.05) is 19.1 Å². The molecule has 0 aliphatic heterocycles. The first kappa shape index (κ1) is 40.0. The van der Waals surface area contributed by atoms with E-state index in [1.54, 1.807) is 0 Å². The molecule has 0 aliphatic rings. The van der Waals surface area contributed by atoms with Crippen molar-refractivity contribution in [1.82, 2.24) is 0 Å². The molecule has 3 unspecified atom stereocenters. The molecule has 0 spiro atoms. The average molecular weight is 594 g/mol. The van der Waals surface area contributed by atoms with Crippen LogP contribution in [0.15, 0.2) is 0 Å². The number of phosphoric ester groups is 1. The Kier molecular flexibility index (Phi) is 23.4. The molecule has 8 heteroatoms. The van der Waals surface area contributed by atoms with Crippen molar-refractivity contribution in [3.05, 3.63) is 0 Å². The second kappa shape index (κ2) is 23.4. The molecular weight excluding hydrogens is 523 g/mol. The predicted octanol–water partition coefficient (Wildman–Crippen LogP) is 8.51. The summed E-state index contributed by atoms with van der Waals surface area (Å²) >= 11 is 0. The summed E-state index contributed by atoms with van der Waals surface area (Å²) < 4.78 is 24.4. The molecule has 0 aromatic rings. The highest BCUT2D eigenvalue weighted by Crippen LogP contribution is 2.46. The van der Waals surface area contributed by atoms with Gasteiger partial charge in [-0.3, -0.25) is 4.52 Å². The van der Waals surface area contributed by atoms with Crippen molar-refractivity contribution in [2.24, 2.45) is 5.73 Å². The van der Waals surface area contributed by atoms with E-state index in [2.05, 4.69) is 13.8 Å². The highest BCUT2D eigenvalue weighted by molar-refractivity contribution is 7.46. The monoisotopic (exact) mass is 594 g/mol. The number of nitrogens with zero attached hydrogens (tertiary/aromatic N) is 1. The summed E-state index contributed by atoms with van der Waals surface area (Å²) in [5, 5.41) is 0. The summed E-state index contributed by atoms with van der Waals surface area (Å²) in [6.45, 7) is 7.65. The van der Waals surface area contributed by atoms with E-state index in [1.807, 2.05) is 28.1 Å². The standard InChI is InChI=1S/C32H69N2O5P/c1-7-9-11-13-15-16-17-19-21-23-27-38-30(3)28-32(29-34(4,5)6,39-40(35,36)37)26-25-31(33)24-22-20-18-14-12-10-8-2/h30-31H,7-29,33H2,1-6H3,(H-,35,36,37)/p+1. The fourth-order valence-electron chi connectivity index (χ4n) is 5.89. The fraction of sp³-hybridized carbons (Fsp3) is 1.00. The van der Waals surface area contributed by atoms with E-state index in [0.29, 0.717) is 36.9 Å². The summed E-state index contributed by atoms with van der Waals surface area (Å²) in [4.78, 5) is 19.8. The van der Waals surface area contributed by atoms with Crippen LogP contribution in [0, 0.1) is 0 Å². The Balaban J connectivity index is 4.76. The summed E-state index contributed by atoms with van der Waals surface area (Å²) in [5.41, 5.74) is 5.50. The molecule has 0 radical (unpaired) electrons. The second-order valence-electron chi connectivity index (χ2n) is 13.5. The lowest BCUT2D eigenvalue weighted by molar-refractivity contribution is -0.876. The SMILES string of the molecule is CCCCCCCCCCCCOC(C)CC(CCC(N)CCCCCCCCC)(C[N+](C)(C)C)OP(=O)(O)O. The molecule has 0 fully saturated rings. The van der Waals surface area contributed by atoms with E-state index < -0.39 is 13.4 Å². The van der Waals surface area contributed by atoms with Gasteiger partial charge in [0.2, 0.25) is 0 Å². The Morgan fingerprint density at radius 1 is 0.750 bits per heavy atom. The van der Waals surface area contributed by atoms with Crippen LogP contribution < -0.4 is 5.73 Å². The fourth-order valence-corrected chi connectivity index (χ4v) is 6.62. The van der Waals surface area contributed by atoms with Crippen molar-refractivity contribution in [1.29, 1.82) is 0 Å². The quantitative estimate of drug-likeness (QED) is 0.0456. The van der Waals surface area contributed by atoms with Crippen LogP contribution >= 0.6 is 7.82 Å². The van der Waals surface area contributed by atoms with E-state index in [1.165, 1.54) is 89.9 Å². The third kappa shape index (κ3) is 25.7. The zero-order valence-corrected chi connectivity index (χ0v) is 28.4. The van der Waals surface area contributed by atoms with Gasteiger partial charge in [-0.15, -0.1) is 0 Å². The van der Waals surface area contributed by atoms with E-state index >= 15 is 0 Å². The molecule has 0 rings (SSSR count). The average Bonchev–Trinajstić information content (AvgIpc) is 2.83. The summed E-state index contributed by atoms with van der Waals surface area (Å²) in [7, 11) is 1.41. The minimum Gasteiger partial charge on any atom is -0.378 e. The molecule has 0 aromatic carbocycles. The normalized spacial score (nSPS) is 15.7. The molecule has 0 heterocycles. The van der Waals surface area contributed by atoms with Crippen LogP contribution in [0.3, 0.4) is 0 Å². The number of hydrogen-bond donors (Lipinski definition) is 3. The van der Waals surface area contributed by atoms with E-state index in [4.69, 9.17) is 15.0 Å². The molecule has 0 saturated carbocycles. The molecule has 0 aliphatic carbocycles. The third-order valence-electron chi connectivity index (χ3n) is 7.78. The minimum absolute atomic E-state index is 0.00530. The lowest BCUT2D eigenvalue weighted by Gasteiger charge is -2.40. The van der Waals surface area contributed by atoms with Gasteiger partial charge < -0.3 is 24.7 Å². The zero-order chi connectivity index (χ0) is 30.3. The number of phosphoric acid groups is 1. The van der Waals surface area contributed by atoms with Crippen LogP contribution in [-0.4, -0.2) is 66.3 Å². The van der Waals surface area contributed by atoms with Gasteiger partial charge in [-0.1, -0.05) is 117 Å². The van der Waals surface area contributed by atoms with Crippen molar-refractivity contribution in [3.8, 4) is 0 Å². The molecule has 0 bridgehead atoms. The second-order valence-corrected chi connectivity index (χ2v) is 14.7. The highest BCUT2D eigenvalue weighted by atomic mass is 31.2. The van der Waals surface area contributed by atoms with Crippen LogP contribution in [0.25, 0.3) is 0 Å². The Morgan fingerprint density at radius 2 is 1.20 bits per heavy atom. The van der Waals surface area contributed by atoms with E-state index in [0.717, 1.165) is 25.7 Å². The lowest BCUT2D eigenvalue weighted by atomic mass is 9.87. The van der Waals surface area contributed by atoms with E-state index in [9.17, 15) is 14.4 Å². The van der Waals surface area contributed by atoms with Crippen molar-refractivity contribution in [2.75, 3.05) is 34.3 Å². The lowest BCUT2D eigenvalue weighted by Crippen LogP contribution is -2.52. The van der Waals surface area contributed by atoms with Crippen molar-refractivity contribution >= 4 is 7.82 Å². The first-order valence-corrected chi connectivity index (χ1v) is 18.3. The molecule has 40 heavy (non-hydrogen) atoms. The van der Waals surface area contributed by atoms with Crippen molar-refractivity contribution in [3.63, 3.8) is 0 Å². The number of hydrogen-bond acceptors (Lipinski definition) is 4. The maximum absolute atomic E-state index is 12.1. The Morgan fingerprint density at radius 3 is 1.65 bits per heavy atom. The van der Waals surface area contributed by atoms with Gasteiger partial charge in [-0.2, -0.15) is 0 Å². The molecule has 3 atom stereocenters. The molecule has 0 aromatic heterocycles. The van der Waals surface area contributed by atoms with Gasteiger partial charge in [0.05, 0.1) is 27.2 Å². The maximum atomic E-state index is 12.1. The Labute approximate surface area is 249 Å². The van der Waals surface area contributed by atoms with Crippen LogP contribution in [0.5, 0.6) is 0 Å². The van der Waals surface area contributed by atoms with Gasteiger partial charge in [-0.25, -0.2) is 4.57 Å². The maximum Gasteiger partial charge on any atom is 0.470 e. The van der Waals surface area contributed by atoms with Crippen LogP contribution in [0.2, 0.25) is 0 Å². The smallest absolute Gasteiger partial charge is 0.378 e. The van der Waals surface area contributed by atoms with Crippen molar-refractivity contribution in [2.45, 2.75) is 173 Å². The number of unbranched alkanes of at least 4 members (excludes halogenated alkanes) is 15. The molecule has 4 N–H and O–H groups in total. The topological polar surface area (TPSA) is 102 Å². The van der Waals surface area contributed by atoms with E-state index in [-0.39, 0.29) is 12.1 Å². The number of likely N-dealkylation sites (N-methyl/N-ethyl adjacent to an activating group) is 1. The number of ether oxygens (including phenoxy) is 1. The first-order chi connectivity index (χ1) is 18.8. The number of quaternary nitrogens is 1. The summed E-state index contributed by atoms with van der Waals surface area (Å²) in [6.07, 6.45) is 24.0. The number of rotatable bonds is 29. The molecule has 7 nitrogen and oxygen atoms in total. The Bertz CT molecular complexity index is 625. The molecule has 0 saturated heterocycles. The molecular formula is C32H70N2O5P+. The third-order valence-corrected chi connectivity index (χ3v) is 8.41. The van der Waals surface area contributed by atoms with Gasteiger partial charge in [-0.05, 0) is 32.6 Å².